The Labute approximate surface area is 406 Å². The van der Waals surface area contributed by atoms with Crippen molar-refractivity contribution in [2.75, 3.05) is 0 Å². The molecule has 1 aliphatic heterocycles. The lowest BCUT2D eigenvalue weighted by Gasteiger charge is -2.28. The van der Waals surface area contributed by atoms with Gasteiger partial charge in [0.15, 0.2) is 5.84 Å². The van der Waals surface area contributed by atoms with E-state index in [0.717, 1.165) is 65.9 Å². The Balaban J connectivity index is 1.18. The highest BCUT2D eigenvalue weighted by Crippen LogP contribution is 2.48. The van der Waals surface area contributed by atoms with Crippen LogP contribution in [0.1, 0.15) is 63.3 Å². The van der Waals surface area contributed by atoms with Gasteiger partial charge in [0.1, 0.15) is 39.2 Å². The third-order valence-corrected chi connectivity index (χ3v) is 13.8. The molecule has 0 bridgehead atoms. The first-order chi connectivity index (χ1) is 33.1. The number of nitrogens with zero attached hydrogens (tertiary/aromatic N) is 4. The smallest absolute Gasteiger partial charge is 0.154 e. The first-order valence-electron chi connectivity index (χ1n) is 23.5. The topological polar surface area (TPSA) is 32.9 Å². The van der Waals surface area contributed by atoms with Crippen LogP contribution in [0, 0.1) is 5.92 Å². The second kappa shape index (κ2) is 18.6. The van der Waals surface area contributed by atoms with Crippen LogP contribution < -0.4 is 32.5 Å². The quantitative estimate of drug-likeness (QED) is 0.0424. The number of benzene rings is 6. The van der Waals surface area contributed by atoms with Gasteiger partial charge in [0.2, 0.25) is 0 Å². The van der Waals surface area contributed by atoms with Gasteiger partial charge >= 0.3 is 0 Å². The summed E-state index contributed by atoms with van der Waals surface area (Å²) in [5.41, 5.74) is 13.1. The maximum atomic E-state index is 6.63. The van der Waals surface area contributed by atoms with Gasteiger partial charge in [0.05, 0.1) is 22.6 Å². The molecule has 1 atom stereocenters. The average Bonchev–Trinajstić information content (AvgIpc) is 3.86. The number of hydrogen-bond acceptors (Lipinski definition) is 2. The number of aromatic nitrogens is 1. The van der Waals surface area contributed by atoms with E-state index in [1.807, 2.05) is 31.2 Å². The van der Waals surface area contributed by atoms with Crippen molar-refractivity contribution in [3.8, 4) is 11.1 Å². The highest BCUT2D eigenvalue weighted by Gasteiger charge is 2.37. The van der Waals surface area contributed by atoms with Crippen molar-refractivity contribution >= 4 is 128 Å². The number of rotatable bonds is 11. The van der Waals surface area contributed by atoms with E-state index >= 15 is 0 Å². The van der Waals surface area contributed by atoms with Gasteiger partial charge in [0.25, 0.3) is 0 Å². The fraction of sp³-hybridized carbons (Fsp3) is 0.153. The largest absolute Gasteiger partial charge is 0.318 e. The normalized spacial score (nSPS) is 16.7. The Morgan fingerprint density at radius 2 is 1.47 bits per heavy atom. The Kier molecular flexibility index (Phi) is 12.3. The van der Waals surface area contributed by atoms with Crippen LogP contribution in [0.15, 0.2) is 179 Å². The SMILES string of the molecule is [B]c1c([B])c([B])c(C(C)=NC(C=CN2C(/C=C\C=C)=C(C)C3CC=CC(n4c5c6c(c7ccccc7c7cccc4c67)=CCC5)=C32)=N/C(=C/CCC)c2ccc(-c3ccccc3)cc2)c([B])c1[B]. The van der Waals surface area contributed by atoms with Gasteiger partial charge in [0, 0.05) is 40.0 Å². The van der Waals surface area contributed by atoms with Crippen LogP contribution in [0.3, 0.4) is 0 Å². The summed E-state index contributed by atoms with van der Waals surface area (Å²) in [4.78, 5) is 12.9. The molecule has 2 heterocycles. The molecule has 10 radical (unpaired) electrons. The van der Waals surface area contributed by atoms with Crippen molar-refractivity contribution in [3.63, 3.8) is 0 Å². The van der Waals surface area contributed by atoms with Crippen LogP contribution in [-0.2, 0) is 6.42 Å². The van der Waals surface area contributed by atoms with Crippen LogP contribution in [-0.4, -0.2) is 60.2 Å². The number of amidine groups is 1. The van der Waals surface area contributed by atoms with E-state index in [4.69, 9.17) is 49.2 Å². The van der Waals surface area contributed by atoms with Crippen molar-refractivity contribution in [1.82, 2.24) is 9.47 Å². The lowest BCUT2D eigenvalue weighted by molar-refractivity contribution is 0.556. The Morgan fingerprint density at radius 1 is 0.779 bits per heavy atom. The van der Waals surface area contributed by atoms with Crippen LogP contribution in [0.4, 0.5) is 0 Å². The lowest BCUT2D eigenvalue weighted by Crippen LogP contribution is -2.57. The fourth-order valence-electron chi connectivity index (χ4n) is 10.5. The van der Waals surface area contributed by atoms with Crippen LogP contribution in [0.25, 0.3) is 61.0 Å². The minimum absolute atomic E-state index is 0.121. The molecule has 10 rings (SSSR count). The molecular formula is C59H47B5N4. The number of aliphatic imine (C=N–C) groups is 2. The van der Waals surface area contributed by atoms with Crippen LogP contribution in [0.5, 0.6) is 0 Å². The Bertz CT molecular complexity index is 3500. The van der Waals surface area contributed by atoms with Crippen molar-refractivity contribution in [3.05, 3.63) is 191 Å². The minimum atomic E-state index is 0.121. The number of aryl methyl sites for hydroxylation is 1. The van der Waals surface area contributed by atoms with Crippen molar-refractivity contribution in [2.24, 2.45) is 15.9 Å². The molecule has 0 saturated heterocycles. The van der Waals surface area contributed by atoms with Gasteiger partial charge in [-0.3, -0.25) is 0 Å². The Hall–Kier alpha value is -6.98. The predicted octanol–water partition coefficient (Wildman–Crippen LogP) is 8.37. The fourth-order valence-corrected chi connectivity index (χ4v) is 10.5. The number of fused-ring (bicyclic) bond motifs is 4. The summed E-state index contributed by atoms with van der Waals surface area (Å²) >= 11 is 0. The third kappa shape index (κ3) is 7.66. The number of unbranched alkanes of at least 4 members (excludes halogenated alkanes) is 1. The molecule has 318 valence electrons. The maximum Gasteiger partial charge on any atom is 0.154 e. The standard InChI is InChI=1S/C59H47B5N4/c1-5-7-24-45(39-31-29-38(30-32-39)37-17-10-9-11-18-37)66-50(65-36(4)51-54(60)56(62)58(64)57(63)55(51)61)33-34-67-46(25-8-6-2)35(3)40-21-14-28-49(59(40)67)68-47-26-15-22-43-41-19-12-13-20-42(41)44-23-16-27-48(68)53(44)52(43)47/h6,8-15,17-20,22-26,28-34,40H,2,5,7,16,21,27H2,1,3-4H3/b25-8-,34-33?,45-24+,65-36?,66-50?. The zero-order valence-electron chi connectivity index (χ0n) is 38.9. The van der Waals surface area contributed by atoms with Gasteiger partial charge in [-0.1, -0.05) is 152 Å². The summed E-state index contributed by atoms with van der Waals surface area (Å²) in [7, 11) is 32.3. The van der Waals surface area contributed by atoms with E-state index in [-0.39, 0.29) is 33.2 Å². The van der Waals surface area contributed by atoms with E-state index in [1.165, 1.54) is 54.6 Å². The molecule has 0 N–H and O–H groups in total. The van der Waals surface area contributed by atoms with Crippen molar-refractivity contribution in [1.29, 1.82) is 0 Å². The zero-order valence-corrected chi connectivity index (χ0v) is 38.9. The highest BCUT2D eigenvalue weighted by atomic mass is 15.2. The molecule has 68 heavy (non-hydrogen) atoms. The first kappa shape index (κ1) is 44.8. The van der Waals surface area contributed by atoms with Gasteiger partial charge in [-0.2, -0.15) is 0 Å². The molecule has 0 saturated carbocycles. The molecule has 7 aromatic rings. The molecule has 1 unspecified atom stereocenters. The average molecular weight is 866 g/mol. The summed E-state index contributed by atoms with van der Waals surface area (Å²) in [6.45, 7) is 10.3. The van der Waals surface area contributed by atoms with E-state index < -0.39 is 0 Å². The maximum absolute atomic E-state index is 6.63. The zero-order chi connectivity index (χ0) is 47.2. The molecule has 2 aliphatic carbocycles. The van der Waals surface area contributed by atoms with Gasteiger partial charge < -0.3 is 9.47 Å². The highest BCUT2D eigenvalue weighted by molar-refractivity contribution is 6.68. The molecule has 0 amide bonds. The van der Waals surface area contributed by atoms with Gasteiger partial charge in [-0.05, 0) is 113 Å². The lowest BCUT2D eigenvalue weighted by atomic mass is 9.60. The molecule has 0 fully saturated rings. The van der Waals surface area contributed by atoms with Crippen molar-refractivity contribution in [2.45, 2.75) is 52.9 Å². The summed E-state index contributed by atoms with van der Waals surface area (Å²) in [6, 6.07) is 34.5. The summed E-state index contributed by atoms with van der Waals surface area (Å²) < 4.78 is 2.54. The molecule has 4 nitrogen and oxygen atoms in total. The molecule has 0 spiro atoms. The molecule has 6 aromatic carbocycles. The second-order valence-electron chi connectivity index (χ2n) is 17.8. The van der Waals surface area contributed by atoms with E-state index in [2.05, 4.69) is 157 Å². The molecule has 1 aromatic heterocycles. The molecule has 9 heteroatoms. The third-order valence-electron chi connectivity index (χ3n) is 13.8. The number of allylic oxidation sites excluding steroid dienone is 8. The van der Waals surface area contributed by atoms with Crippen LogP contribution in [0.2, 0.25) is 0 Å². The summed E-state index contributed by atoms with van der Waals surface area (Å²) in [5.74, 6) is 0.550. The second-order valence-corrected chi connectivity index (χ2v) is 17.8. The van der Waals surface area contributed by atoms with Gasteiger partial charge in [-0.25, -0.2) is 9.98 Å². The Morgan fingerprint density at radius 3 is 2.21 bits per heavy atom. The van der Waals surface area contributed by atoms with E-state index in [0.29, 0.717) is 17.1 Å². The monoisotopic (exact) mass is 866 g/mol. The minimum Gasteiger partial charge on any atom is -0.318 e. The first-order valence-corrected chi connectivity index (χ1v) is 23.5. The predicted molar refractivity (Wildman–Crippen MR) is 296 cm³/mol. The van der Waals surface area contributed by atoms with E-state index in [9.17, 15) is 0 Å². The molecular weight excluding hydrogens is 819 g/mol. The van der Waals surface area contributed by atoms with E-state index in [1.54, 1.807) is 0 Å². The van der Waals surface area contributed by atoms with Gasteiger partial charge in [-0.15, -0.1) is 16.4 Å². The summed E-state index contributed by atoms with van der Waals surface area (Å²) in [6.07, 6.45) is 23.8. The molecule has 3 aliphatic rings. The van der Waals surface area contributed by atoms with Crippen LogP contribution >= 0.6 is 0 Å². The number of hydrogen-bond donors (Lipinski definition) is 0. The summed E-state index contributed by atoms with van der Waals surface area (Å²) in [5, 5.41) is 7.87. The van der Waals surface area contributed by atoms with Crippen molar-refractivity contribution < 1.29 is 0 Å².